The van der Waals surface area contributed by atoms with E-state index >= 15 is 0 Å². The average Bonchev–Trinajstić information content (AvgIpc) is 2.93. The van der Waals surface area contributed by atoms with Crippen LogP contribution in [-0.4, -0.2) is 74.5 Å². The zero-order valence-electron chi connectivity index (χ0n) is 24.1. The van der Waals surface area contributed by atoms with Gasteiger partial charge in [-0.2, -0.15) is 0 Å². The quantitative estimate of drug-likeness (QED) is 0.280. The second-order valence-electron chi connectivity index (χ2n) is 10.2. The molecule has 0 bridgehead atoms. The van der Waals surface area contributed by atoms with Gasteiger partial charge < -0.3 is 30.2 Å². The Kier molecular flexibility index (Phi) is 11.0. The van der Waals surface area contributed by atoms with Crippen LogP contribution < -0.4 is 20.7 Å². The molecule has 230 valence electrons. The van der Waals surface area contributed by atoms with Gasteiger partial charge in [-0.3, -0.25) is 9.59 Å². The van der Waals surface area contributed by atoms with Gasteiger partial charge in [-0.15, -0.1) is 0 Å². The van der Waals surface area contributed by atoms with Crippen molar-refractivity contribution in [3.63, 3.8) is 0 Å². The summed E-state index contributed by atoms with van der Waals surface area (Å²) in [7, 11) is -2.25. The van der Waals surface area contributed by atoms with Gasteiger partial charge in [0.25, 0.3) is 11.8 Å². The molecular formula is C28H32ClN5O8S. The normalized spacial score (nSPS) is 12.1. The third-order valence-corrected chi connectivity index (χ3v) is 6.83. The highest BCUT2D eigenvalue weighted by molar-refractivity contribution is 7.90. The van der Waals surface area contributed by atoms with Crippen LogP contribution in [0.2, 0.25) is 5.02 Å². The minimum atomic E-state index is -3.65. The third-order valence-electron chi connectivity index (χ3n) is 5.50. The number of aromatic nitrogens is 2. The predicted molar refractivity (Wildman–Crippen MR) is 159 cm³/mol. The van der Waals surface area contributed by atoms with Crippen molar-refractivity contribution in [2.24, 2.45) is 0 Å². The van der Waals surface area contributed by atoms with Crippen LogP contribution in [0, 0.1) is 0 Å². The summed E-state index contributed by atoms with van der Waals surface area (Å²) in [5, 5.41) is 8.17. The number of carbonyl (C=O) groups excluding carboxylic acids is 3. The maximum Gasteiger partial charge on any atom is 0.407 e. The Morgan fingerprint density at radius 3 is 2.40 bits per heavy atom. The second-order valence-corrected chi connectivity index (χ2v) is 12.6. The number of anilines is 2. The molecule has 1 unspecified atom stereocenters. The van der Waals surface area contributed by atoms with Gasteiger partial charge in [0.15, 0.2) is 15.5 Å². The maximum absolute atomic E-state index is 13.4. The summed E-state index contributed by atoms with van der Waals surface area (Å²) in [6.07, 6.45) is 2.43. The van der Waals surface area contributed by atoms with Crippen LogP contribution >= 0.6 is 11.6 Å². The lowest BCUT2D eigenvalue weighted by Crippen LogP contribution is -2.39. The fourth-order valence-electron chi connectivity index (χ4n) is 3.45. The molecule has 1 aromatic carbocycles. The summed E-state index contributed by atoms with van der Waals surface area (Å²) in [6.45, 7) is 5.03. The van der Waals surface area contributed by atoms with Gasteiger partial charge in [-0.1, -0.05) is 11.6 Å². The summed E-state index contributed by atoms with van der Waals surface area (Å²) in [5.41, 5.74) is -0.750. The third kappa shape index (κ3) is 10.2. The first-order valence-electron chi connectivity index (χ1n) is 12.8. The van der Waals surface area contributed by atoms with E-state index in [2.05, 4.69) is 25.9 Å². The van der Waals surface area contributed by atoms with E-state index in [-0.39, 0.29) is 46.6 Å². The SMILES string of the molecule is COC(CNC(=O)OC(C)(C)C)COc1cc(S(C)(=O)=O)ccc1C(=O)Nc1cccnc1C(=O)Nc1ccc(Cl)cn1. The lowest BCUT2D eigenvalue weighted by molar-refractivity contribution is 0.0365. The Hall–Kier alpha value is -4.27. The van der Waals surface area contributed by atoms with Gasteiger partial charge in [0, 0.05) is 25.8 Å². The molecule has 2 aromatic heterocycles. The molecule has 0 aliphatic rings. The van der Waals surface area contributed by atoms with E-state index in [9.17, 15) is 22.8 Å². The highest BCUT2D eigenvalue weighted by Gasteiger charge is 2.22. The van der Waals surface area contributed by atoms with E-state index in [4.69, 9.17) is 25.8 Å². The second kappa shape index (κ2) is 14.3. The van der Waals surface area contributed by atoms with Crippen molar-refractivity contribution in [2.45, 2.75) is 37.4 Å². The summed E-state index contributed by atoms with van der Waals surface area (Å²) >= 11 is 5.84. The smallest absolute Gasteiger partial charge is 0.407 e. The zero-order valence-corrected chi connectivity index (χ0v) is 25.7. The molecule has 0 spiro atoms. The molecule has 0 aliphatic heterocycles. The van der Waals surface area contributed by atoms with E-state index < -0.39 is 39.4 Å². The number of nitrogens with one attached hydrogen (secondary N) is 3. The average molecular weight is 634 g/mol. The van der Waals surface area contributed by atoms with Crippen LogP contribution in [0.3, 0.4) is 0 Å². The standard InChI is InChI=1S/C28H32ClN5O8S/c1-28(2,3)42-27(37)32-15-18(40-4)16-41-22-13-19(43(5,38)39)9-10-20(22)25(35)33-21-7-6-12-30-24(21)26(36)34-23-11-8-17(29)14-31-23/h6-14,18H,15-16H2,1-5H3,(H,32,37)(H,33,35)(H,31,34,36). The number of alkyl carbamates (subject to hydrolysis) is 1. The summed E-state index contributed by atoms with van der Waals surface area (Å²) in [6, 6.07) is 9.82. The van der Waals surface area contributed by atoms with Crippen molar-refractivity contribution >= 4 is 50.9 Å². The maximum atomic E-state index is 13.4. The molecule has 3 amide bonds. The molecule has 0 saturated carbocycles. The molecular weight excluding hydrogens is 602 g/mol. The van der Waals surface area contributed by atoms with Gasteiger partial charge in [0.2, 0.25) is 0 Å². The number of nitrogens with zero attached hydrogens (tertiary/aromatic N) is 2. The molecule has 13 nitrogen and oxygen atoms in total. The highest BCUT2D eigenvalue weighted by Crippen LogP contribution is 2.26. The number of benzene rings is 1. The molecule has 3 N–H and O–H groups in total. The van der Waals surface area contributed by atoms with Crippen LogP contribution in [0.1, 0.15) is 41.6 Å². The van der Waals surface area contributed by atoms with E-state index in [0.717, 1.165) is 6.26 Å². The molecule has 1 atom stereocenters. The topological polar surface area (TPSA) is 175 Å². The summed E-state index contributed by atoms with van der Waals surface area (Å²) in [4.78, 5) is 46.3. The molecule has 43 heavy (non-hydrogen) atoms. The summed E-state index contributed by atoms with van der Waals surface area (Å²) < 4.78 is 40.9. The largest absolute Gasteiger partial charge is 0.490 e. The number of amides is 3. The van der Waals surface area contributed by atoms with E-state index in [1.165, 1.54) is 55.9 Å². The first-order valence-corrected chi connectivity index (χ1v) is 15.1. The van der Waals surface area contributed by atoms with Crippen molar-refractivity contribution in [1.82, 2.24) is 15.3 Å². The molecule has 0 aliphatic carbocycles. The summed E-state index contributed by atoms with van der Waals surface area (Å²) in [5.74, 6) is -1.20. The van der Waals surface area contributed by atoms with Crippen molar-refractivity contribution in [3.05, 3.63) is 71.1 Å². The van der Waals surface area contributed by atoms with E-state index in [1.54, 1.807) is 26.8 Å². The number of hydrogen-bond donors (Lipinski definition) is 3. The number of sulfone groups is 1. The van der Waals surface area contributed by atoms with E-state index in [0.29, 0.717) is 5.02 Å². The van der Waals surface area contributed by atoms with Crippen LogP contribution in [0.25, 0.3) is 0 Å². The molecule has 2 heterocycles. The molecule has 15 heteroatoms. The number of rotatable bonds is 11. The van der Waals surface area contributed by atoms with Crippen molar-refractivity contribution in [1.29, 1.82) is 0 Å². The monoisotopic (exact) mass is 633 g/mol. The molecule has 0 radical (unpaired) electrons. The Balaban J connectivity index is 1.80. The lowest BCUT2D eigenvalue weighted by atomic mass is 10.1. The predicted octanol–water partition coefficient (Wildman–Crippen LogP) is 3.96. The molecule has 0 fully saturated rings. The Bertz CT molecular complexity index is 1580. The number of halogens is 1. The first kappa shape index (κ1) is 33.2. The Labute approximate surface area is 254 Å². The number of pyridine rings is 2. The van der Waals surface area contributed by atoms with Gasteiger partial charge in [0.05, 0.1) is 27.7 Å². The zero-order chi connectivity index (χ0) is 31.8. The number of carbonyl (C=O) groups is 3. The lowest BCUT2D eigenvalue weighted by Gasteiger charge is -2.22. The first-order chi connectivity index (χ1) is 20.2. The fourth-order valence-corrected chi connectivity index (χ4v) is 4.19. The van der Waals surface area contributed by atoms with Crippen LogP contribution in [0.4, 0.5) is 16.3 Å². The minimum absolute atomic E-state index is 0.00927. The molecule has 3 aromatic rings. The van der Waals surface area contributed by atoms with Crippen LogP contribution in [-0.2, 0) is 19.3 Å². The highest BCUT2D eigenvalue weighted by atomic mass is 35.5. The van der Waals surface area contributed by atoms with Gasteiger partial charge in [-0.05, 0) is 63.2 Å². The number of hydrogen-bond acceptors (Lipinski definition) is 10. The number of methoxy groups -OCH3 is 1. The Morgan fingerprint density at radius 2 is 1.77 bits per heavy atom. The molecule has 3 rings (SSSR count). The minimum Gasteiger partial charge on any atom is -0.490 e. The van der Waals surface area contributed by atoms with Crippen molar-refractivity contribution in [2.75, 3.05) is 37.2 Å². The Morgan fingerprint density at radius 1 is 1.02 bits per heavy atom. The fraction of sp³-hybridized carbons (Fsp3) is 0.321. The van der Waals surface area contributed by atoms with Gasteiger partial charge >= 0.3 is 6.09 Å². The van der Waals surface area contributed by atoms with Gasteiger partial charge in [-0.25, -0.2) is 23.2 Å². The van der Waals surface area contributed by atoms with E-state index in [1.807, 2.05) is 0 Å². The van der Waals surface area contributed by atoms with Crippen LogP contribution in [0.15, 0.2) is 59.8 Å². The molecule has 0 saturated heterocycles. The number of ether oxygens (including phenoxy) is 3. The van der Waals surface area contributed by atoms with Crippen LogP contribution in [0.5, 0.6) is 5.75 Å². The van der Waals surface area contributed by atoms with Crippen molar-refractivity contribution < 1.29 is 37.0 Å². The van der Waals surface area contributed by atoms with Gasteiger partial charge in [0.1, 0.15) is 29.9 Å². The van der Waals surface area contributed by atoms with Crippen molar-refractivity contribution in [3.8, 4) is 5.75 Å².